The van der Waals surface area contributed by atoms with E-state index in [-0.39, 0.29) is 18.4 Å². The lowest BCUT2D eigenvalue weighted by atomic mass is 9.99. The summed E-state index contributed by atoms with van der Waals surface area (Å²) < 4.78 is 27.3. The van der Waals surface area contributed by atoms with Crippen LogP contribution in [0.25, 0.3) is 0 Å². The first-order valence-electron chi connectivity index (χ1n) is 8.71. The molecule has 26 heavy (non-hydrogen) atoms. The van der Waals surface area contributed by atoms with Gasteiger partial charge in [0.15, 0.2) is 0 Å². The van der Waals surface area contributed by atoms with Crippen LogP contribution in [0, 0.1) is 12.8 Å². The van der Waals surface area contributed by atoms with E-state index in [2.05, 4.69) is 10.3 Å². The molecular formula is C18H23N3O3S2. The van der Waals surface area contributed by atoms with Crippen LogP contribution in [0.5, 0.6) is 0 Å². The van der Waals surface area contributed by atoms with Gasteiger partial charge in [-0.25, -0.2) is 8.42 Å². The third kappa shape index (κ3) is 4.49. The molecule has 1 atom stereocenters. The largest absolute Gasteiger partial charge is 0.355 e. The summed E-state index contributed by atoms with van der Waals surface area (Å²) in [6, 6.07) is 9.15. The number of rotatable bonds is 6. The standard InChI is InChI=1S/C18H23N3O3S2/c1-14-7-8-17(25-14)26(23,24)21-12-4-5-15(13-21)18(22)20-11-9-16-6-2-3-10-19-16/h2-3,6-8,10,15H,4-5,9,11-13H2,1H3,(H,20,22). The molecule has 6 nitrogen and oxygen atoms in total. The maximum atomic E-state index is 12.8. The van der Waals surface area contributed by atoms with Crippen molar-refractivity contribution in [3.05, 3.63) is 47.1 Å². The topological polar surface area (TPSA) is 79.4 Å². The average molecular weight is 394 g/mol. The molecule has 0 bridgehead atoms. The molecule has 2 aromatic heterocycles. The summed E-state index contributed by atoms with van der Waals surface area (Å²) in [4.78, 5) is 17.6. The Labute approximate surface area is 158 Å². The van der Waals surface area contributed by atoms with Gasteiger partial charge >= 0.3 is 0 Å². The van der Waals surface area contributed by atoms with E-state index in [1.54, 1.807) is 12.3 Å². The normalized spacial score (nSPS) is 18.6. The van der Waals surface area contributed by atoms with Crippen LogP contribution < -0.4 is 5.32 Å². The van der Waals surface area contributed by atoms with Crippen molar-refractivity contribution in [3.63, 3.8) is 0 Å². The summed E-state index contributed by atoms with van der Waals surface area (Å²) in [5, 5.41) is 2.92. The first kappa shape index (κ1) is 19.0. The maximum absolute atomic E-state index is 12.8. The Morgan fingerprint density at radius 2 is 2.19 bits per heavy atom. The smallest absolute Gasteiger partial charge is 0.252 e. The Bertz CT molecular complexity index is 850. The monoisotopic (exact) mass is 393 g/mol. The van der Waals surface area contributed by atoms with Gasteiger partial charge in [-0.2, -0.15) is 4.31 Å². The second-order valence-electron chi connectivity index (χ2n) is 6.43. The predicted octanol–water partition coefficient (Wildman–Crippen LogP) is 2.21. The minimum atomic E-state index is -3.51. The molecule has 2 aromatic rings. The number of thiophene rings is 1. The van der Waals surface area contributed by atoms with Gasteiger partial charge in [0.25, 0.3) is 10.0 Å². The first-order chi connectivity index (χ1) is 12.5. The summed E-state index contributed by atoms with van der Waals surface area (Å²) >= 11 is 1.27. The van der Waals surface area contributed by atoms with Crippen molar-refractivity contribution in [2.75, 3.05) is 19.6 Å². The molecule has 1 aliphatic rings. The molecule has 140 valence electrons. The number of hydrogen-bond acceptors (Lipinski definition) is 5. The van der Waals surface area contributed by atoms with Crippen molar-refractivity contribution in [1.29, 1.82) is 0 Å². The molecule has 1 saturated heterocycles. The summed E-state index contributed by atoms with van der Waals surface area (Å²) in [6.07, 6.45) is 3.80. The molecule has 0 radical (unpaired) electrons. The summed E-state index contributed by atoms with van der Waals surface area (Å²) in [7, 11) is -3.51. The maximum Gasteiger partial charge on any atom is 0.252 e. The van der Waals surface area contributed by atoms with Crippen molar-refractivity contribution in [2.45, 2.75) is 30.4 Å². The molecule has 0 saturated carbocycles. The van der Waals surface area contributed by atoms with Gasteiger partial charge in [-0.1, -0.05) is 6.07 Å². The zero-order valence-electron chi connectivity index (χ0n) is 14.7. The molecule has 1 aliphatic heterocycles. The lowest BCUT2D eigenvalue weighted by Gasteiger charge is -2.30. The molecule has 8 heteroatoms. The molecule has 0 spiro atoms. The van der Waals surface area contributed by atoms with Gasteiger partial charge in [0, 0.05) is 42.8 Å². The zero-order chi connectivity index (χ0) is 18.6. The fourth-order valence-corrected chi connectivity index (χ4v) is 6.02. The third-order valence-corrected chi connectivity index (χ3v) is 7.80. The highest BCUT2D eigenvalue weighted by molar-refractivity contribution is 7.91. The van der Waals surface area contributed by atoms with Crippen molar-refractivity contribution in [1.82, 2.24) is 14.6 Å². The second-order valence-corrected chi connectivity index (χ2v) is 9.88. The first-order valence-corrected chi connectivity index (χ1v) is 11.0. The Morgan fingerprint density at radius 1 is 1.35 bits per heavy atom. The van der Waals surface area contributed by atoms with Crippen LogP contribution in [0.4, 0.5) is 0 Å². The minimum absolute atomic E-state index is 0.0804. The van der Waals surface area contributed by atoms with Crippen LogP contribution in [0.1, 0.15) is 23.4 Å². The molecule has 3 rings (SSSR count). The van der Waals surface area contributed by atoms with Crippen LogP contribution in [-0.2, 0) is 21.2 Å². The number of hydrogen-bond donors (Lipinski definition) is 1. The number of nitrogens with zero attached hydrogens (tertiary/aromatic N) is 2. The molecule has 1 N–H and O–H groups in total. The van der Waals surface area contributed by atoms with Crippen molar-refractivity contribution < 1.29 is 13.2 Å². The van der Waals surface area contributed by atoms with Gasteiger partial charge in [0.2, 0.25) is 5.91 Å². The van der Waals surface area contributed by atoms with E-state index in [1.165, 1.54) is 15.6 Å². The highest BCUT2D eigenvalue weighted by Gasteiger charge is 2.33. The van der Waals surface area contributed by atoms with Gasteiger partial charge in [-0.3, -0.25) is 9.78 Å². The van der Waals surface area contributed by atoms with Crippen molar-refractivity contribution in [2.24, 2.45) is 5.92 Å². The van der Waals surface area contributed by atoms with Crippen LogP contribution in [0.3, 0.4) is 0 Å². The van der Waals surface area contributed by atoms with Crippen LogP contribution in [0.15, 0.2) is 40.7 Å². The Hall–Kier alpha value is -1.77. The van der Waals surface area contributed by atoms with Crippen LogP contribution in [0.2, 0.25) is 0 Å². The number of aryl methyl sites for hydroxylation is 1. The second kappa shape index (κ2) is 8.28. The number of carbonyl (C=O) groups excluding carboxylic acids is 1. The molecule has 0 aliphatic carbocycles. The third-order valence-electron chi connectivity index (χ3n) is 4.47. The number of nitrogens with one attached hydrogen (secondary N) is 1. The number of amides is 1. The Morgan fingerprint density at radius 3 is 2.88 bits per heavy atom. The van der Waals surface area contributed by atoms with Crippen LogP contribution in [-0.4, -0.2) is 43.2 Å². The average Bonchev–Trinajstić information content (AvgIpc) is 3.10. The SMILES string of the molecule is Cc1ccc(S(=O)(=O)N2CCCC(C(=O)NCCc3ccccn3)C2)s1. The summed E-state index contributed by atoms with van der Waals surface area (Å²) in [6.45, 7) is 3.10. The predicted molar refractivity (Wildman–Crippen MR) is 101 cm³/mol. The van der Waals surface area contributed by atoms with E-state index in [0.29, 0.717) is 36.6 Å². The van der Waals surface area contributed by atoms with Gasteiger partial charge in [-0.05, 0) is 44.0 Å². The number of sulfonamides is 1. The minimum Gasteiger partial charge on any atom is -0.355 e. The molecule has 1 unspecified atom stereocenters. The molecular weight excluding hydrogens is 370 g/mol. The number of pyridine rings is 1. The van der Waals surface area contributed by atoms with Crippen molar-refractivity contribution >= 4 is 27.3 Å². The number of carbonyl (C=O) groups is 1. The van der Waals surface area contributed by atoms with E-state index in [4.69, 9.17) is 0 Å². The van der Waals surface area contributed by atoms with Crippen molar-refractivity contribution in [3.8, 4) is 0 Å². The van der Waals surface area contributed by atoms with Gasteiger partial charge in [0.05, 0.1) is 5.92 Å². The lowest BCUT2D eigenvalue weighted by Crippen LogP contribution is -2.45. The fourth-order valence-electron chi connectivity index (χ4n) is 3.06. The summed E-state index contributed by atoms with van der Waals surface area (Å²) in [5.74, 6) is -0.383. The zero-order valence-corrected chi connectivity index (χ0v) is 16.4. The van der Waals surface area contributed by atoms with E-state index in [0.717, 1.165) is 10.6 Å². The molecule has 3 heterocycles. The Balaban J connectivity index is 1.56. The number of piperidine rings is 1. The molecule has 0 aromatic carbocycles. The molecule has 1 amide bonds. The Kier molecular flexibility index (Phi) is 6.05. The van der Waals surface area contributed by atoms with Gasteiger partial charge in [-0.15, -0.1) is 11.3 Å². The fraction of sp³-hybridized carbons (Fsp3) is 0.444. The number of aromatic nitrogens is 1. The van der Waals surface area contributed by atoms with E-state index in [9.17, 15) is 13.2 Å². The van der Waals surface area contributed by atoms with Gasteiger partial charge in [0.1, 0.15) is 4.21 Å². The van der Waals surface area contributed by atoms with E-state index >= 15 is 0 Å². The van der Waals surface area contributed by atoms with Crippen LogP contribution >= 0.6 is 11.3 Å². The van der Waals surface area contributed by atoms with Gasteiger partial charge < -0.3 is 5.32 Å². The highest BCUT2D eigenvalue weighted by Crippen LogP contribution is 2.28. The van der Waals surface area contributed by atoms with E-state index in [1.807, 2.05) is 31.2 Å². The molecule has 1 fully saturated rings. The highest BCUT2D eigenvalue weighted by atomic mass is 32.2. The summed E-state index contributed by atoms with van der Waals surface area (Å²) in [5.41, 5.74) is 0.925. The lowest BCUT2D eigenvalue weighted by molar-refractivity contribution is -0.126. The quantitative estimate of drug-likeness (QED) is 0.816. The van der Waals surface area contributed by atoms with E-state index < -0.39 is 10.0 Å².